The maximum atomic E-state index is 12.5. The highest BCUT2D eigenvalue weighted by atomic mass is 16.1. The molecule has 0 aliphatic carbocycles. The van der Waals surface area contributed by atoms with Gasteiger partial charge in [0.25, 0.3) is 5.91 Å². The average molecular weight is 346 g/mol. The monoisotopic (exact) mass is 346 g/mol. The van der Waals surface area contributed by atoms with Gasteiger partial charge in [0.2, 0.25) is 0 Å². The van der Waals surface area contributed by atoms with Gasteiger partial charge < -0.3 is 14.8 Å². The van der Waals surface area contributed by atoms with Crippen molar-refractivity contribution < 1.29 is 4.79 Å². The van der Waals surface area contributed by atoms with Crippen LogP contribution in [0.4, 0.5) is 11.4 Å². The van der Waals surface area contributed by atoms with Crippen molar-refractivity contribution in [3.8, 4) is 5.69 Å². The minimum atomic E-state index is -0.104. The van der Waals surface area contributed by atoms with Crippen LogP contribution in [0.25, 0.3) is 5.69 Å². The van der Waals surface area contributed by atoms with Crippen molar-refractivity contribution in [2.45, 2.75) is 19.3 Å². The Morgan fingerprint density at radius 3 is 2.23 bits per heavy atom. The molecule has 26 heavy (non-hydrogen) atoms. The number of carbonyl (C=O) groups is 1. The molecule has 2 heterocycles. The zero-order chi connectivity index (χ0) is 17.8. The van der Waals surface area contributed by atoms with Gasteiger partial charge in [-0.25, -0.2) is 4.98 Å². The third kappa shape index (κ3) is 3.61. The summed E-state index contributed by atoms with van der Waals surface area (Å²) in [6.07, 6.45) is 9.18. The standard InChI is InChI=1S/C21H22N4O/c26-21(17-4-8-20(9-5-17)25-15-12-22-16-25)23-18-6-10-19(11-7-18)24-13-2-1-3-14-24/h4-12,15-16H,1-3,13-14H2,(H,23,26). The van der Waals surface area contributed by atoms with Crippen LogP contribution < -0.4 is 10.2 Å². The van der Waals surface area contributed by atoms with Crippen molar-refractivity contribution in [2.24, 2.45) is 0 Å². The number of carbonyl (C=O) groups excluding carboxylic acids is 1. The first kappa shape index (κ1) is 16.4. The highest BCUT2D eigenvalue weighted by molar-refractivity contribution is 6.04. The fraction of sp³-hybridized carbons (Fsp3) is 0.238. The Hall–Kier alpha value is -3.08. The number of rotatable bonds is 4. The first-order valence-corrected chi connectivity index (χ1v) is 9.04. The molecule has 1 aliphatic heterocycles. The fourth-order valence-electron chi connectivity index (χ4n) is 3.31. The number of piperidine rings is 1. The number of benzene rings is 2. The molecule has 0 saturated carbocycles. The maximum absolute atomic E-state index is 12.5. The summed E-state index contributed by atoms with van der Waals surface area (Å²) in [6.45, 7) is 2.24. The molecule has 1 aliphatic rings. The van der Waals surface area contributed by atoms with E-state index in [1.165, 1.54) is 24.9 Å². The van der Waals surface area contributed by atoms with E-state index in [0.29, 0.717) is 5.56 Å². The van der Waals surface area contributed by atoms with E-state index in [4.69, 9.17) is 0 Å². The number of anilines is 2. The molecule has 0 unspecified atom stereocenters. The molecule has 0 atom stereocenters. The second-order valence-electron chi connectivity index (χ2n) is 6.57. The van der Waals surface area contributed by atoms with E-state index in [1.54, 1.807) is 12.5 Å². The number of hydrogen-bond donors (Lipinski definition) is 1. The average Bonchev–Trinajstić information content (AvgIpc) is 3.24. The van der Waals surface area contributed by atoms with E-state index < -0.39 is 0 Å². The molecular weight excluding hydrogens is 324 g/mol. The molecule has 0 spiro atoms. The molecule has 1 fully saturated rings. The Morgan fingerprint density at radius 2 is 1.58 bits per heavy atom. The maximum Gasteiger partial charge on any atom is 0.255 e. The number of nitrogens with one attached hydrogen (secondary N) is 1. The number of nitrogens with zero attached hydrogens (tertiary/aromatic N) is 3. The van der Waals surface area contributed by atoms with Crippen LogP contribution in [0.1, 0.15) is 29.6 Å². The van der Waals surface area contributed by atoms with Gasteiger partial charge in [-0.2, -0.15) is 0 Å². The molecule has 3 aromatic rings. The van der Waals surface area contributed by atoms with Crippen molar-refractivity contribution >= 4 is 17.3 Å². The number of amides is 1. The minimum absolute atomic E-state index is 0.104. The van der Waals surface area contributed by atoms with E-state index in [0.717, 1.165) is 24.5 Å². The summed E-state index contributed by atoms with van der Waals surface area (Å²) < 4.78 is 1.90. The smallest absolute Gasteiger partial charge is 0.255 e. The van der Waals surface area contributed by atoms with Crippen LogP contribution in [-0.2, 0) is 0 Å². The Labute approximate surface area is 153 Å². The van der Waals surface area contributed by atoms with E-state index >= 15 is 0 Å². The molecule has 1 amide bonds. The molecule has 5 heteroatoms. The summed E-state index contributed by atoms with van der Waals surface area (Å²) in [5.74, 6) is -0.104. The summed E-state index contributed by atoms with van der Waals surface area (Å²) >= 11 is 0. The molecule has 5 nitrogen and oxygen atoms in total. The number of hydrogen-bond acceptors (Lipinski definition) is 3. The van der Waals surface area contributed by atoms with Crippen LogP contribution >= 0.6 is 0 Å². The predicted molar refractivity (Wildman–Crippen MR) is 104 cm³/mol. The number of aromatic nitrogens is 2. The summed E-state index contributed by atoms with van der Waals surface area (Å²) in [6, 6.07) is 15.6. The van der Waals surface area contributed by atoms with Crippen LogP contribution in [0, 0.1) is 0 Å². The van der Waals surface area contributed by atoms with Crippen LogP contribution in [-0.4, -0.2) is 28.5 Å². The number of imidazole rings is 1. The van der Waals surface area contributed by atoms with E-state index in [9.17, 15) is 4.79 Å². The van der Waals surface area contributed by atoms with E-state index in [2.05, 4.69) is 27.3 Å². The zero-order valence-corrected chi connectivity index (χ0v) is 14.6. The molecule has 132 valence electrons. The Bertz CT molecular complexity index is 848. The first-order valence-electron chi connectivity index (χ1n) is 9.04. The Balaban J connectivity index is 1.41. The van der Waals surface area contributed by atoms with Gasteiger partial charge in [-0.3, -0.25) is 4.79 Å². The summed E-state index contributed by atoms with van der Waals surface area (Å²) in [5.41, 5.74) is 3.65. The highest BCUT2D eigenvalue weighted by Crippen LogP contribution is 2.22. The predicted octanol–water partition coefficient (Wildman–Crippen LogP) is 4.11. The molecular formula is C21H22N4O. The van der Waals surface area contributed by atoms with E-state index in [1.807, 2.05) is 47.2 Å². The summed E-state index contributed by atoms with van der Waals surface area (Å²) in [5, 5.41) is 2.97. The molecule has 2 aromatic carbocycles. The van der Waals surface area contributed by atoms with Crippen molar-refractivity contribution in [3.05, 3.63) is 72.8 Å². The lowest BCUT2D eigenvalue weighted by Crippen LogP contribution is -2.29. The Morgan fingerprint density at radius 1 is 0.885 bits per heavy atom. The topological polar surface area (TPSA) is 50.2 Å². The van der Waals surface area contributed by atoms with Gasteiger partial charge in [0.05, 0.1) is 6.33 Å². The lowest BCUT2D eigenvalue weighted by atomic mass is 10.1. The highest BCUT2D eigenvalue weighted by Gasteiger charge is 2.11. The normalized spacial score (nSPS) is 14.2. The molecule has 0 bridgehead atoms. The van der Waals surface area contributed by atoms with Gasteiger partial charge in [0.15, 0.2) is 0 Å². The molecule has 0 radical (unpaired) electrons. The Kier molecular flexibility index (Phi) is 4.69. The largest absolute Gasteiger partial charge is 0.372 e. The molecule has 1 saturated heterocycles. The van der Waals surface area contributed by atoms with Gasteiger partial charge in [0, 0.05) is 48.1 Å². The third-order valence-corrected chi connectivity index (χ3v) is 4.78. The minimum Gasteiger partial charge on any atom is -0.372 e. The van der Waals surface area contributed by atoms with E-state index in [-0.39, 0.29) is 5.91 Å². The van der Waals surface area contributed by atoms with Crippen molar-refractivity contribution in [1.29, 1.82) is 0 Å². The fourth-order valence-corrected chi connectivity index (χ4v) is 3.31. The summed E-state index contributed by atoms with van der Waals surface area (Å²) in [7, 11) is 0. The lowest BCUT2D eigenvalue weighted by molar-refractivity contribution is 0.102. The molecule has 4 rings (SSSR count). The van der Waals surface area contributed by atoms with Crippen molar-refractivity contribution in [1.82, 2.24) is 9.55 Å². The quantitative estimate of drug-likeness (QED) is 0.773. The SMILES string of the molecule is O=C(Nc1ccc(N2CCCCC2)cc1)c1ccc(-n2ccnc2)cc1. The zero-order valence-electron chi connectivity index (χ0n) is 14.6. The van der Waals surface area contributed by atoms with Gasteiger partial charge in [0.1, 0.15) is 0 Å². The second kappa shape index (κ2) is 7.44. The first-order chi connectivity index (χ1) is 12.8. The van der Waals surface area contributed by atoms with Crippen molar-refractivity contribution in [2.75, 3.05) is 23.3 Å². The van der Waals surface area contributed by atoms with Gasteiger partial charge in [-0.05, 0) is 67.8 Å². The molecule has 1 aromatic heterocycles. The van der Waals surface area contributed by atoms with Gasteiger partial charge in [-0.1, -0.05) is 0 Å². The third-order valence-electron chi connectivity index (χ3n) is 4.78. The lowest BCUT2D eigenvalue weighted by Gasteiger charge is -2.28. The van der Waals surface area contributed by atoms with Crippen LogP contribution in [0.5, 0.6) is 0 Å². The van der Waals surface area contributed by atoms with Crippen LogP contribution in [0.15, 0.2) is 67.3 Å². The van der Waals surface area contributed by atoms with Crippen LogP contribution in [0.2, 0.25) is 0 Å². The van der Waals surface area contributed by atoms with Crippen LogP contribution in [0.3, 0.4) is 0 Å². The second-order valence-corrected chi connectivity index (χ2v) is 6.57. The van der Waals surface area contributed by atoms with Gasteiger partial charge >= 0.3 is 0 Å². The van der Waals surface area contributed by atoms with Gasteiger partial charge in [-0.15, -0.1) is 0 Å². The summed E-state index contributed by atoms with van der Waals surface area (Å²) in [4.78, 5) is 18.9. The van der Waals surface area contributed by atoms with Crippen molar-refractivity contribution in [3.63, 3.8) is 0 Å². The molecule has 1 N–H and O–H groups in total.